The molecule has 0 saturated carbocycles. The standard InChI is InChI=1S/C9H17FO4/c1-4-12-9(13-5-2)8(6-10)14-7(3)11/h8-9H,4-6H2,1-3H3/t8-/m0/s1. The Morgan fingerprint density at radius 2 is 1.79 bits per heavy atom. The Bertz CT molecular complexity index is 157. The molecule has 0 amide bonds. The maximum Gasteiger partial charge on any atom is 0.303 e. The van der Waals surface area contributed by atoms with Crippen LogP contribution < -0.4 is 0 Å². The van der Waals surface area contributed by atoms with Gasteiger partial charge in [-0.25, -0.2) is 4.39 Å². The predicted octanol–water partition coefficient (Wildman–Crippen LogP) is 1.29. The molecule has 14 heavy (non-hydrogen) atoms. The number of hydrogen-bond acceptors (Lipinski definition) is 4. The molecule has 0 fully saturated rings. The molecule has 0 unspecified atom stereocenters. The number of carbonyl (C=O) groups excluding carboxylic acids is 1. The number of carbonyl (C=O) groups is 1. The van der Waals surface area contributed by atoms with Crippen molar-refractivity contribution in [2.45, 2.75) is 33.2 Å². The first kappa shape index (κ1) is 13.3. The summed E-state index contributed by atoms with van der Waals surface area (Å²) in [6.45, 7) is 4.68. The second kappa shape index (κ2) is 7.70. The minimum atomic E-state index is -0.979. The van der Waals surface area contributed by atoms with Gasteiger partial charge in [-0.1, -0.05) is 0 Å². The maximum absolute atomic E-state index is 12.5. The van der Waals surface area contributed by atoms with Gasteiger partial charge in [-0.15, -0.1) is 0 Å². The van der Waals surface area contributed by atoms with Crippen molar-refractivity contribution in [3.63, 3.8) is 0 Å². The molecule has 0 aliphatic heterocycles. The number of halogens is 1. The third-order valence-electron chi connectivity index (χ3n) is 1.43. The van der Waals surface area contributed by atoms with Crippen LogP contribution >= 0.6 is 0 Å². The van der Waals surface area contributed by atoms with Gasteiger partial charge in [0.05, 0.1) is 0 Å². The van der Waals surface area contributed by atoms with Crippen LogP contribution in [0.25, 0.3) is 0 Å². The maximum atomic E-state index is 12.5. The van der Waals surface area contributed by atoms with Crippen molar-refractivity contribution >= 4 is 5.97 Å². The van der Waals surface area contributed by atoms with Crippen molar-refractivity contribution in [1.82, 2.24) is 0 Å². The van der Waals surface area contributed by atoms with Crippen molar-refractivity contribution in [3.05, 3.63) is 0 Å². The fourth-order valence-corrected chi connectivity index (χ4v) is 0.964. The van der Waals surface area contributed by atoms with Gasteiger partial charge < -0.3 is 14.2 Å². The van der Waals surface area contributed by atoms with Crippen LogP contribution in [0, 0.1) is 0 Å². The molecule has 0 saturated heterocycles. The van der Waals surface area contributed by atoms with E-state index in [1.165, 1.54) is 6.92 Å². The van der Waals surface area contributed by atoms with Gasteiger partial charge in [-0.2, -0.15) is 0 Å². The minimum absolute atomic E-state index is 0.377. The van der Waals surface area contributed by atoms with Gasteiger partial charge in [0.2, 0.25) is 0 Å². The Balaban J connectivity index is 4.16. The third-order valence-corrected chi connectivity index (χ3v) is 1.43. The van der Waals surface area contributed by atoms with Crippen LogP contribution in [-0.2, 0) is 19.0 Å². The second-order valence-electron chi connectivity index (χ2n) is 2.58. The highest BCUT2D eigenvalue weighted by Crippen LogP contribution is 2.07. The van der Waals surface area contributed by atoms with Crippen LogP contribution in [0.5, 0.6) is 0 Å². The van der Waals surface area contributed by atoms with E-state index in [1.807, 2.05) is 0 Å². The highest BCUT2D eigenvalue weighted by molar-refractivity contribution is 5.66. The third kappa shape index (κ3) is 5.14. The normalized spacial score (nSPS) is 12.9. The number of alkyl halides is 1. The molecule has 0 aliphatic rings. The average molecular weight is 208 g/mol. The SMILES string of the molecule is CCOC(OCC)[C@H](CF)OC(C)=O. The Morgan fingerprint density at radius 3 is 2.07 bits per heavy atom. The Labute approximate surface area is 83.3 Å². The second-order valence-corrected chi connectivity index (χ2v) is 2.58. The Morgan fingerprint density at radius 1 is 1.29 bits per heavy atom. The van der Waals surface area contributed by atoms with Gasteiger partial charge in [-0.05, 0) is 13.8 Å². The highest BCUT2D eigenvalue weighted by atomic mass is 19.1. The van der Waals surface area contributed by atoms with E-state index >= 15 is 0 Å². The molecule has 0 aromatic carbocycles. The van der Waals surface area contributed by atoms with Crippen molar-refractivity contribution in [3.8, 4) is 0 Å². The molecular formula is C9H17FO4. The number of ether oxygens (including phenoxy) is 3. The number of hydrogen-bond donors (Lipinski definition) is 0. The van der Waals surface area contributed by atoms with Gasteiger partial charge >= 0.3 is 5.97 Å². The van der Waals surface area contributed by atoms with Crippen molar-refractivity contribution in [2.75, 3.05) is 19.9 Å². The molecule has 0 aromatic rings. The van der Waals surface area contributed by atoms with Crippen LogP contribution in [-0.4, -0.2) is 38.3 Å². The topological polar surface area (TPSA) is 44.8 Å². The quantitative estimate of drug-likeness (QED) is 0.467. The predicted molar refractivity (Wildman–Crippen MR) is 48.6 cm³/mol. The summed E-state index contributed by atoms with van der Waals surface area (Å²) in [6, 6.07) is 0. The van der Waals surface area contributed by atoms with Crippen LogP contribution in [0.1, 0.15) is 20.8 Å². The molecule has 1 atom stereocenters. The smallest absolute Gasteiger partial charge is 0.303 e. The first-order valence-electron chi connectivity index (χ1n) is 4.62. The van der Waals surface area contributed by atoms with E-state index in [2.05, 4.69) is 0 Å². The van der Waals surface area contributed by atoms with Gasteiger partial charge in [0.1, 0.15) is 6.67 Å². The first-order valence-corrected chi connectivity index (χ1v) is 4.62. The molecule has 0 spiro atoms. The molecule has 0 N–H and O–H groups in total. The number of rotatable bonds is 7. The Kier molecular flexibility index (Phi) is 7.32. The fourth-order valence-electron chi connectivity index (χ4n) is 0.964. The minimum Gasteiger partial charge on any atom is -0.454 e. The molecule has 0 aliphatic carbocycles. The number of esters is 1. The summed E-state index contributed by atoms with van der Waals surface area (Å²) in [5.41, 5.74) is 0. The first-order chi connectivity index (χ1) is 6.65. The largest absolute Gasteiger partial charge is 0.454 e. The lowest BCUT2D eigenvalue weighted by Gasteiger charge is -2.23. The van der Waals surface area contributed by atoms with Gasteiger partial charge in [0.15, 0.2) is 12.4 Å². The molecule has 0 heterocycles. The lowest BCUT2D eigenvalue weighted by Crippen LogP contribution is -2.37. The van der Waals surface area contributed by atoms with E-state index in [-0.39, 0.29) is 0 Å². The lowest BCUT2D eigenvalue weighted by atomic mass is 10.3. The zero-order valence-electron chi connectivity index (χ0n) is 8.79. The van der Waals surface area contributed by atoms with Crippen LogP contribution in [0.4, 0.5) is 4.39 Å². The van der Waals surface area contributed by atoms with E-state index in [9.17, 15) is 9.18 Å². The summed E-state index contributed by atoms with van der Waals surface area (Å²) >= 11 is 0. The van der Waals surface area contributed by atoms with Crippen molar-refractivity contribution in [1.29, 1.82) is 0 Å². The molecule has 0 bridgehead atoms. The van der Waals surface area contributed by atoms with Gasteiger partial charge in [0.25, 0.3) is 0 Å². The fraction of sp³-hybridized carbons (Fsp3) is 0.889. The monoisotopic (exact) mass is 208 g/mol. The summed E-state index contributed by atoms with van der Waals surface area (Å²) in [5, 5.41) is 0. The van der Waals surface area contributed by atoms with Crippen molar-refractivity contribution < 1.29 is 23.4 Å². The van der Waals surface area contributed by atoms with E-state index in [0.717, 1.165) is 0 Å². The summed E-state index contributed by atoms with van der Waals surface area (Å²) < 4.78 is 27.4. The molecule has 84 valence electrons. The van der Waals surface area contributed by atoms with Gasteiger partial charge in [-0.3, -0.25) is 4.79 Å². The zero-order chi connectivity index (χ0) is 11.0. The van der Waals surface area contributed by atoms with E-state index in [1.54, 1.807) is 13.8 Å². The lowest BCUT2D eigenvalue weighted by molar-refractivity contribution is -0.208. The van der Waals surface area contributed by atoms with Crippen LogP contribution in [0.15, 0.2) is 0 Å². The molecular weight excluding hydrogens is 191 g/mol. The van der Waals surface area contributed by atoms with E-state index < -0.39 is 25.0 Å². The van der Waals surface area contributed by atoms with E-state index in [4.69, 9.17) is 14.2 Å². The van der Waals surface area contributed by atoms with Crippen molar-refractivity contribution in [2.24, 2.45) is 0 Å². The zero-order valence-corrected chi connectivity index (χ0v) is 8.79. The molecule has 4 nitrogen and oxygen atoms in total. The molecule has 0 radical (unpaired) electrons. The highest BCUT2D eigenvalue weighted by Gasteiger charge is 2.25. The summed E-state index contributed by atoms with van der Waals surface area (Å²) in [6.07, 6.45) is -1.80. The summed E-state index contributed by atoms with van der Waals surface area (Å²) in [7, 11) is 0. The van der Waals surface area contributed by atoms with Gasteiger partial charge in [0, 0.05) is 20.1 Å². The summed E-state index contributed by atoms with van der Waals surface area (Å²) in [4.78, 5) is 10.6. The van der Waals surface area contributed by atoms with Crippen LogP contribution in [0.3, 0.4) is 0 Å². The van der Waals surface area contributed by atoms with Crippen LogP contribution in [0.2, 0.25) is 0 Å². The van der Waals surface area contributed by atoms with E-state index in [0.29, 0.717) is 13.2 Å². The molecule has 5 heteroatoms. The summed E-state index contributed by atoms with van der Waals surface area (Å²) in [5.74, 6) is -0.544. The molecule has 0 aromatic heterocycles. The molecule has 0 rings (SSSR count). The Hall–Kier alpha value is -0.680. The average Bonchev–Trinajstić information content (AvgIpc) is 2.13.